The van der Waals surface area contributed by atoms with E-state index in [0.29, 0.717) is 18.3 Å². The summed E-state index contributed by atoms with van der Waals surface area (Å²) in [7, 11) is 0. The van der Waals surface area contributed by atoms with Gasteiger partial charge >= 0.3 is 0 Å². The van der Waals surface area contributed by atoms with Crippen LogP contribution in [0.3, 0.4) is 0 Å². The molecular weight excluding hydrogens is 374 g/mol. The Kier molecular flexibility index (Phi) is 7.69. The van der Waals surface area contributed by atoms with Gasteiger partial charge in [0, 0.05) is 47.7 Å². The number of benzene rings is 1. The summed E-state index contributed by atoms with van der Waals surface area (Å²) in [4.78, 5) is 20.8. The molecule has 30 heavy (non-hydrogen) atoms. The third kappa shape index (κ3) is 4.93. The van der Waals surface area contributed by atoms with Gasteiger partial charge in [-0.25, -0.2) is 0 Å². The fourth-order valence-corrected chi connectivity index (χ4v) is 4.37. The Hall–Kier alpha value is -2.60. The molecule has 0 radical (unpaired) electrons. The topological polar surface area (TPSA) is 74.0 Å². The van der Waals surface area contributed by atoms with E-state index in [-0.39, 0.29) is 12.5 Å². The fraction of sp³-hybridized carbons (Fsp3) is 0.500. The Morgan fingerprint density at radius 3 is 2.93 bits per heavy atom. The summed E-state index contributed by atoms with van der Waals surface area (Å²) in [5.74, 6) is 1.02. The lowest BCUT2D eigenvalue weighted by atomic mass is 10.0. The second kappa shape index (κ2) is 10.4. The van der Waals surface area contributed by atoms with Gasteiger partial charge in [-0.1, -0.05) is 26.0 Å². The minimum atomic E-state index is 0.245. The molecule has 0 saturated carbocycles. The highest BCUT2D eigenvalue weighted by Gasteiger charge is 2.27. The predicted octanol–water partition coefficient (Wildman–Crippen LogP) is 3.52. The van der Waals surface area contributed by atoms with Gasteiger partial charge in [0.05, 0.1) is 6.54 Å². The van der Waals surface area contributed by atoms with Gasteiger partial charge in [0.2, 0.25) is 0 Å². The van der Waals surface area contributed by atoms with Gasteiger partial charge in [-0.05, 0) is 57.1 Å². The number of nitrogens with zero attached hydrogens (tertiary/aromatic N) is 3. The monoisotopic (exact) mass is 409 g/mol. The van der Waals surface area contributed by atoms with Gasteiger partial charge < -0.3 is 20.7 Å². The largest absolute Gasteiger partial charge is 0.398 e. The first-order valence-electron chi connectivity index (χ1n) is 11.0. The molecule has 0 amide bonds. The van der Waals surface area contributed by atoms with E-state index in [1.54, 1.807) is 0 Å². The Morgan fingerprint density at radius 2 is 2.20 bits per heavy atom. The Labute approximate surface area is 180 Å². The molecule has 2 atom stereocenters. The van der Waals surface area contributed by atoms with Gasteiger partial charge in [0.25, 0.3) is 0 Å². The summed E-state index contributed by atoms with van der Waals surface area (Å²) >= 11 is 0. The van der Waals surface area contributed by atoms with E-state index in [4.69, 9.17) is 10.7 Å². The first-order valence-corrected chi connectivity index (χ1v) is 11.0. The highest BCUT2D eigenvalue weighted by atomic mass is 16.1. The number of rotatable bonds is 8. The molecule has 0 aromatic heterocycles. The van der Waals surface area contributed by atoms with Crippen LogP contribution in [-0.4, -0.2) is 60.7 Å². The third-order valence-electron chi connectivity index (χ3n) is 6.04. The van der Waals surface area contributed by atoms with E-state index in [2.05, 4.69) is 36.2 Å². The summed E-state index contributed by atoms with van der Waals surface area (Å²) in [6.45, 7) is 10.5. The number of hydrogen-bond acceptors (Lipinski definition) is 6. The van der Waals surface area contributed by atoms with Crippen LogP contribution in [0.5, 0.6) is 0 Å². The lowest BCUT2D eigenvalue weighted by molar-refractivity contribution is -0.108. The van der Waals surface area contributed by atoms with Crippen molar-refractivity contribution in [1.29, 1.82) is 0 Å². The second-order valence-corrected chi connectivity index (χ2v) is 8.07. The maximum Gasteiger partial charge on any atom is 0.139 e. The van der Waals surface area contributed by atoms with Crippen LogP contribution in [0.15, 0.2) is 47.1 Å². The molecule has 2 heterocycles. The van der Waals surface area contributed by atoms with E-state index in [0.717, 1.165) is 42.2 Å². The maximum atomic E-state index is 11.4. The third-order valence-corrected chi connectivity index (χ3v) is 6.04. The maximum absolute atomic E-state index is 11.4. The Morgan fingerprint density at radius 1 is 1.37 bits per heavy atom. The summed E-state index contributed by atoms with van der Waals surface area (Å²) in [5.41, 5.74) is 10.0. The number of likely N-dealkylation sites (tertiary alicyclic amines) is 1. The number of anilines is 2. The summed E-state index contributed by atoms with van der Waals surface area (Å²) < 4.78 is 0. The van der Waals surface area contributed by atoms with Crippen molar-refractivity contribution in [3.05, 3.63) is 47.7 Å². The van der Waals surface area contributed by atoms with Crippen molar-refractivity contribution in [3.63, 3.8) is 0 Å². The van der Waals surface area contributed by atoms with Crippen molar-refractivity contribution in [1.82, 2.24) is 9.80 Å². The molecule has 1 aromatic carbocycles. The molecule has 162 valence electrons. The van der Waals surface area contributed by atoms with Crippen molar-refractivity contribution in [2.75, 3.05) is 43.8 Å². The van der Waals surface area contributed by atoms with Gasteiger partial charge in [-0.2, -0.15) is 0 Å². The molecule has 6 nitrogen and oxygen atoms in total. The van der Waals surface area contributed by atoms with Crippen LogP contribution in [0.1, 0.15) is 39.2 Å². The molecule has 0 aliphatic carbocycles. The van der Waals surface area contributed by atoms with Crippen molar-refractivity contribution in [2.24, 2.45) is 10.9 Å². The lowest BCUT2D eigenvalue weighted by Gasteiger charge is -2.34. The number of hydrogen-bond donors (Lipinski definition) is 2. The number of nitrogen functional groups attached to an aromatic ring is 1. The number of aldehydes is 1. The predicted molar refractivity (Wildman–Crippen MR) is 126 cm³/mol. The highest BCUT2D eigenvalue weighted by molar-refractivity contribution is 6.06. The average Bonchev–Trinajstić information content (AvgIpc) is 3.21. The average molecular weight is 410 g/mol. The van der Waals surface area contributed by atoms with E-state index in [1.165, 1.54) is 19.4 Å². The molecule has 6 heteroatoms. The number of nitrogens with one attached hydrogen (secondary N) is 1. The number of allylic oxidation sites excluding steroid dienone is 3. The molecule has 1 fully saturated rings. The summed E-state index contributed by atoms with van der Waals surface area (Å²) in [5, 5.41) is 3.59. The van der Waals surface area contributed by atoms with Gasteiger partial charge in [0.1, 0.15) is 12.1 Å². The van der Waals surface area contributed by atoms with E-state index in [1.807, 2.05) is 36.1 Å². The zero-order valence-electron chi connectivity index (χ0n) is 18.5. The highest BCUT2D eigenvalue weighted by Crippen LogP contribution is 2.28. The van der Waals surface area contributed by atoms with E-state index < -0.39 is 0 Å². The molecule has 1 saturated heterocycles. The minimum absolute atomic E-state index is 0.245. The number of nitrogens with two attached hydrogens (primary N) is 1. The second-order valence-electron chi connectivity index (χ2n) is 8.07. The van der Waals surface area contributed by atoms with Crippen molar-refractivity contribution < 1.29 is 4.79 Å². The molecular formula is C24H35N5O. The van der Waals surface area contributed by atoms with E-state index in [9.17, 15) is 4.79 Å². The molecule has 2 aliphatic rings. The first-order chi connectivity index (χ1) is 14.6. The van der Waals surface area contributed by atoms with Crippen molar-refractivity contribution >= 4 is 23.5 Å². The summed E-state index contributed by atoms with van der Waals surface area (Å²) in [6, 6.07) is 6.60. The standard InChI is InChI=1S/C24H35N5O/c1-4-6-9-23-18(3)16-27-24(29(23)13-14-30)21-15-19(10-11-22(21)25)26-17-20-8-7-12-28(20)5-2/h4,6,9-11,14-15,18,20,26H,5,7-8,12-13,16-17,25H2,1-3H3/b6-4-,23-9+. The van der Waals surface area contributed by atoms with Crippen LogP contribution < -0.4 is 11.1 Å². The number of likely N-dealkylation sites (N-methyl/N-ethyl adjacent to an activating group) is 1. The minimum Gasteiger partial charge on any atom is -0.398 e. The Bertz CT molecular complexity index is 829. The SMILES string of the molecule is C/C=C\C=C1/C(C)CN=C(c2cc(NCC3CCCN3CC)ccc2N)N1CC=O. The number of amidine groups is 1. The van der Waals surface area contributed by atoms with Crippen LogP contribution in [0.25, 0.3) is 0 Å². The molecule has 0 spiro atoms. The van der Waals surface area contributed by atoms with Crippen LogP contribution in [0, 0.1) is 5.92 Å². The molecule has 1 aromatic rings. The first kappa shape index (κ1) is 22.1. The molecule has 0 bridgehead atoms. The molecule has 2 aliphatic heterocycles. The van der Waals surface area contributed by atoms with Gasteiger partial charge in [-0.15, -0.1) is 0 Å². The van der Waals surface area contributed by atoms with Gasteiger partial charge in [0.15, 0.2) is 0 Å². The van der Waals surface area contributed by atoms with Crippen LogP contribution in [-0.2, 0) is 4.79 Å². The molecule has 3 N–H and O–H groups in total. The molecule has 3 rings (SSSR count). The lowest BCUT2D eigenvalue weighted by Crippen LogP contribution is -2.40. The summed E-state index contributed by atoms with van der Waals surface area (Å²) in [6.07, 6.45) is 9.50. The number of carbonyl (C=O) groups is 1. The smallest absolute Gasteiger partial charge is 0.139 e. The van der Waals surface area contributed by atoms with E-state index >= 15 is 0 Å². The van der Waals surface area contributed by atoms with Crippen molar-refractivity contribution in [2.45, 2.75) is 39.7 Å². The van der Waals surface area contributed by atoms with Crippen molar-refractivity contribution in [3.8, 4) is 0 Å². The number of aliphatic imine (C=N–C) groups is 1. The number of carbonyl (C=O) groups excluding carboxylic acids is 1. The van der Waals surface area contributed by atoms with Crippen LogP contribution in [0.4, 0.5) is 11.4 Å². The van der Waals surface area contributed by atoms with Crippen LogP contribution in [0.2, 0.25) is 0 Å². The zero-order chi connectivity index (χ0) is 21.5. The quantitative estimate of drug-likeness (QED) is 0.508. The van der Waals surface area contributed by atoms with Crippen LogP contribution >= 0.6 is 0 Å². The molecule has 2 unspecified atom stereocenters. The zero-order valence-corrected chi connectivity index (χ0v) is 18.5. The Balaban J connectivity index is 1.86. The fourth-order valence-electron chi connectivity index (χ4n) is 4.37. The van der Waals surface area contributed by atoms with Gasteiger partial charge in [-0.3, -0.25) is 9.89 Å². The normalized spacial score (nSPS) is 23.9.